The zero-order valence-corrected chi connectivity index (χ0v) is 16.5. The first-order valence-electron chi connectivity index (χ1n) is 9.32. The van der Waals surface area contributed by atoms with Gasteiger partial charge in [0.1, 0.15) is 6.54 Å². The number of aryl methyl sites for hydroxylation is 1. The van der Waals surface area contributed by atoms with Crippen LogP contribution in [0.25, 0.3) is 17.2 Å². The summed E-state index contributed by atoms with van der Waals surface area (Å²) in [5, 5.41) is 14.6. The number of rotatable bonds is 5. The molecule has 0 spiro atoms. The summed E-state index contributed by atoms with van der Waals surface area (Å²) in [5.41, 5.74) is 1.05. The van der Waals surface area contributed by atoms with Crippen molar-refractivity contribution in [3.63, 3.8) is 0 Å². The van der Waals surface area contributed by atoms with E-state index in [9.17, 15) is 14.4 Å². The summed E-state index contributed by atoms with van der Waals surface area (Å²) >= 11 is 0. The summed E-state index contributed by atoms with van der Waals surface area (Å²) in [6, 6.07) is 9.57. The van der Waals surface area contributed by atoms with Gasteiger partial charge in [-0.15, -0.1) is 0 Å². The van der Waals surface area contributed by atoms with Crippen LogP contribution in [-0.2, 0) is 24.9 Å². The number of carboxylic acid groups (broad SMARTS) is 1. The fraction of sp³-hybridized carbons (Fsp3) is 0.250. The van der Waals surface area contributed by atoms with Crippen molar-refractivity contribution in [2.24, 2.45) is 12.1 Å². The molecule has 0 atom stereocenters. The van der Waals surface area contributed by atoms with Crippen molar-refractivity contribution in [1.29, 1.82) is 0 Å². The smallest absolute Gasteiger partial charge is 0.332 e. The third-order valence-corrected chi connectivity index (χ3v) is 4.80. The van der Waals surface area contributed by atoms with Crippen LogP contribution in [0, 0.1) is 0 Å². The number of imidazole rings is 1. The van der Waals surface area contributed by atoms with Crippen molar-refractivity contribution < 1.29 is 9.90 Å². The molecule has 4 rings (SSSR count). The molecule has 30 heavy (non-hydrogen) atoms. The van der Waals surface area contributed by atoms with Gasteiger partial charge >= 0.3 is 11.7 Å². The van der Waals surface area contributed by atoms with Crippen molar-refractivity contribution in [3.05, 3.63) is 62.8 Å². The Hall–Kier alpha value is -3.95. The summed E-state index contributed by atoms with van der Waals surface area (Å²) in [4.78, 5) is 41.5. The highest BCUT2D eigenvalue weighted by Gasteiger charge is 2.27. The van der Waals surface area contributed by atoms with Gasteiger partial charge in [-0.25, -0.2) is 9.80 Å². The van der Waals surface area contributed by atoms with Gasteiger partial charge in [0, 0.05) is 13.6 Å². The fourth-order valence-electron chi connectivity index (χ4n) is 3.47. The maximum absolute atomic E-state index is 13.2. The molecule has 10 heteroatoms. The van der Waals surface area contributed by atoms with Crippen LogP contribution in [0.2, 0.25) is 0 Å². The van der Waals surface area contributed by atoms with E-state index in [4.69, 9.17) is 5.11 Å². The number of benzene rings is 1. The average Bonchev–Trinajstić information content (AvgIpc) is 3.09. The van der Waals surface area contributed by atoms with E-state index in [0.717, 1.165) is 10.1 Å². The minimum absolute atomic E-state index is 0.1000. The molecule has 0 fully saturated rings. The van der Waals surface area contributed by atoms with E-state index in [2.05, 4.69) is 10.1 Å². The third kappa shape index (κ3) is 3.32. The lowest BCUT2D eigenvalue weighted by Crippen LogP contribution is -2.40. The molecule has 1 aliphatic rings. The summed E-state index contributed by atoms with van der Waals surface area (Å²) in [7, 11) is 1.54. The first kappa shape index (κ1) is 19.4. The number of hydrogen-bond acceptors (Lipinski definition) is 6. The number of anilines is 1. The van der Waals surface area contributed by atoms with Gasteiger partial charge in [0.05, 0.1) is 12.3 Å². The minimum Gasteiger partial charge on any atom is -0.480 e. The molecule has 0 bridgehead atoms. The second-order valence-electron chi connectivity index (χ2n) is 7.03. The molecule has 3 heterocycles. The molecule has 2 aromatic heterocycles. The van der Waals surface area contributed by atoms with Gasteiger partial charge in [-0.05, 0) is 12.5 Å². The van der Waals surface area contributed by atoms with Gasteiger partial charge in [0.25, 0.3) is 5.56 Å². The number of aromatic nitrogens is 4. The first-order valence-corrected chi connectivity index (χ1v) is 9.32. The van der Waals surface area contributed by atoms with Crippen molar-refractivity contribution >= 4 is 34.9 Å². The van der Waals surface area contributed by atoms with E-state index in [0.29, 0.717) is 5.71 Å². The molecular formula is C20H20N6O4. The largest absolute Gasteiger partial charge is 0.480 e. The summed E-state index contributed by atoms with van der Waals surface area (Å²) in [6.07, 6.45) is 3.59. The van der Waals surface area contributed by atoms with E-state index in [1.54, 1.807) is 17.6 Å². The molecule has 0 unspecified atom stereocenters. The number of nitrogens with zero attached hydrogens (tertiary/aromatic N) is 6. The first-order chi connectivity index (χ1) is 14.4. The SMILES string of the molecule is CC1=NN(CC(=O)O)c2nc3c(c(=O)n(CC=Cc4ccccc4)c(=O)n3C)n2C1. The van der Waals surface area contributed by atoms with Crippen LogP contribution in [0.5, 0.6) is 0 Å². The number of aliphatic carboxylic acids is 1. The number of fused-ring (bicyclic) bond motifs is 3. The van der Waals surface area contributed by atoms with Gasteiger partial charge in [0.2, 0.25) is 5.95 Å². The number of carboxylic acids is 1. The summed E-state index contributed by atoms with van der Waals surface area (Å²) in [6.45, 7) is 1.73. The Kier molecular flexibility index (Phi) is 4.82. The van der Waals surface area contributed by atoms with Crippen LogP contribution in [0.15, 0.2) is 51.1 Å². The van der Waals surface area contributed by atoms with Gasteiger partial charge in [-0.1, -0.05) is 42.5 Å². The Labute approximate surface area is 170 Å². The van der Waals surface area contributed by atoms with E-state index in [1.165, 1.54) is 16.6 Å². The lowest BCUT2D eigenvalue weighted by atomic mass is 10.2. The highest BCUT2D eigenvalue weighted by atomic mass is 16.4. The molecule has 154 valence electrons. The Morgan fingerprint density at radius 3 is 2.67 bits per heavy atom. The number of hydrazone groups is 1. The minimum atomic E-state index is -1.08. The molecule has 0 saturated carbocycles. The number of allylic oxidation sites excluding steroid dienone is 1. The van der Waals surface area contributed by atoms with Crippen molar-refractivity contribution in [3.8, 4) is 0 Å². The van der Waals surface area contributed by atoms with Crippen LogP contribution in [0.4, 0.5) is 5.95 Å². The lowest BCUT2D eigenvalue weighted by molar-refractivity contribution is -0.135. The highest BCUT2D eigenvalue weighted by Crippen LogP contribution is 2.23. The highest BCUT2D eigenvalue weighted by molar-refractivity contribution is 5.88. The molecule has 3 aromatic rings. The van der Waals surface area contributed by atoms with E-state index < -0.39 is 23.8 Å². The van der Waals surface area contributed by atoms with E-state index in [1.807, 2.05) is 36.4 Å². The van der Waals surface area contributed by atoms with E-state index in [-0.39, 0.29) is 30.2 Å². The van der Waals surface area contributed by atoms with Crippen LogP contribution in [-0.4, -0.2) is 42.0 Å². The molecular weight excluding hydrogens is 388 g/mol. The van der Waals surface area contributed by atoms with Crippen molar-refractivity contribution in [1.82, 2.24) is 18.7 Å². The zero-order valence-electron chi connectivity index (χ0n) is 16.5. The van der Waals surface area contributed by atoms with Crippen molar-refractivity contribution in [2.75, 3.05) is 11.6 Å². The lowest BCUT2D eigenvalue weighted by Gasteiger charge is -2.23. The standard InChI is InChI=1S/C20H20N6O4/c1-13-11-25-16-17(21-19(25)26(22-13)12-15(27)28)23(2)20(30)24(18(16)29)10-6-9-14-7-4-3-5-8-14/h3-9H,10-12H2,1-2H3,(H,27,28). The van der Waals surface area contributed by atoms with Crippen LogP contribution in [0.3, 0.4) is 0 Å². The summed E-state index contributed by atoms with van der Waals surface area (Å²) < 4.78 is 4.05. The molecule has 1 aliphatic heterocycles. The molecule has 0 amide bonds. The van der Waals surface area contributed by atoms with Crippen LogP contribution >= 0.6 is 0 Å². The molecule has 0 radical (unpaired) electrons. The predicted molar refractivity (Wildman–Crippen MR) is 113 cm³/mol. The third-order valence-electron chi connectivity index (χ3n) is 4.80. The predicted octanol–water partition coefficient (Wildman–Crippen LogP) is 0.891. The fourth-order valence-corrected chi connectivity index (χ4v) is 3.47. The molecule has 0 saturated heterocycles. The molecule has 1 aromatic carbocycles. The quantitative estimate of drug-likeness (QED) is 0.671. The topological polar surface area (TPSA) is 115 Å². The van der Waals surface area contributed by atoms with E-state index >= 15 is 0 Å². The zero-order chi connectivity index (χ0) is 21.4. The van der Waals surface area contributed by atoms with Crippen molar-refractivity contribution in [2.45, 2.75) is 20.0 Å². The molecule has 0 aliphatic carbocycles. The Bertz CT molecular complexity index is 1310. The summed E-state index contributed by atoms with van der Waals surface area (Å²) in [5.74, 6) is -0.855. The van der Waals surface area contributed by atoms with Gasteiger partial charge in [-0.2, -0.15) is 10.1 Å². The van der Waals surface area contributed by atoms with Crippen LogP contribution in [0.1, 0.15) is 12.5 Å². The average molecular weight is 408 g/mol. The van der Waals surface area contributed by atoms with Gasteiger partial charge < -0.3 is 5.11 Å². The second-order valence-corrected chi connectivity index (χ2v) is 7.03. The van der Waals surface area contributed by atoms with Gasteiger partial charge in [0.15, 0.2) is 11.2 Å². The Morgan fingerprint density at radius 2 is 1.97 bits per heavy atom. The second kappa shape index (κ2) is 7.47. The Morgan fingerprint density at radius 1 is 1.23 bits per heavy atom. The number of carbonyl (C=O) groups is 1. The molecule has 10 nitrogen and oxygen atoms in total. The van der Waals surface area contributed by atoms with Crippen LogP contribution < -0.4 is 16.3 Å². The monoisotopic (exact) mass is 408 g/mol. The maximum Gasteiger partial charge on any atom is 0.332 e. The maximum atomic E-state index is 13.2. The molecule has 1 N–H and O–H groups in total. The Balaban J connectivity index is 1.82. The van der Waals surface area contributed by atoms with Gasteiger partial charge in [-0.3, -0.25) is 23.3 Å². The normalized spacial score (nSPS) is 13.7. The number of hydrogen-bond donors (Lipinski definition) is 1.